The van der Waals surface area contributed by atoms with E-state index in [1.807, 2.05) is 6.92 Å². The summed E-state index contributed by atoms with van der Waals surface area (Å²) in [5.41, 5.74) is 5.48. The van der Waals surface area contributed by atoms with E-state index in [2.05, 4.69) is 0 Å². The lowest BCUT2D eigenvalue weighted by Gasteiger charge is -2.10. The van der Waals surface area contributed by atoms with Gasteiger partial charge < -0.3 is 10.5 Å². The highest BCUT2D eigenvalue weighted by atomic mass is 16.5. The fourth-order valence-electron chi connectivity index (χ4n) is 1.71. The summed E-state index contributed by atoms with van der Waals surface area (Å²) in [4.78, 5) is 11.1. The van der Waals surface area contributed by atoms with Gasteiger partial charge in [-0.05, 0) is 25.7 Å². The first-order valence-corrected chi connectivity index (χ1v) is 5.09. The van der Waals surface area contributed by atoms with E-state index in [1.54, 1.807) is 0 Å². The van der Waals surface area contributed by atoms with Crippen LogP contribution < -0.4 is 5.73 Å². The quantitative estimate of drug-likeness (QED) is 0.674. The van der Waals surface area contributed by atoms with E-state index in [1.165, 1.54) is 25.7 Å². The molecule has 1 aliphatic carbocycles. The molecule has 76 valence electrons. The van der Waals surface area contributed by atoms with E-state index in [0.717, 1.165) is 0 Å². The molecule has 0 saturated heterocycles. The van der Waals surface area contributed by atoms with Gasteiger partial charge in [-0.15, -0.1) is 0 Å². The molecule has 0 aromatic rings. The minimum Gasteiger partial charge on any atom is -0.465 e. The summed E-state index contributed by atoms with van der Waals surface area (Å²) in [7, 11) is 0. The number of rotatable bonds is 4. The van der Waals surface area contributed by atoms with Crippen LogP contribution >= 0.6 is 0 Å². The Kier molecular flexibility index (Phi) is 4.22. The minimum absolute atomic E-state index is 0.0870. The fraction of sp³-hybridized carbons (Fsp3) is 0.900. The molecule has 13 heavy (non-hydrogen) atoms. The van der Waals surface area contributed by atoms with Crippen molar-refractivity contribution >= 4 is 5.97 Å². The molecule has 1 unspecified atom stereocenters. The zero-order valence-corrected chi connectivity index (χ0v) is 8.29. The second-order valence-corrected chi connectivity index (χ2v) is 4.01. The molecule has 3 heteroatoms. The van der Waals surface area contributed by atoms with Gasteiger partial charge in [0.1, 0.15) is 0 Å². The molecule has 3 nitrogen and oxygen atoms in total. The predicted molar refractivity (Wildman–Crippen MR) is 51.2 cm³/mol. The smallest absolute Gasteiger partial charge is 0.307 e. The highest BCUT2D eigenvalue weighted by molar-refractivity contribution is 5.69. The van der Waals surface area contributed by atoms with E-state index < -0.39 is 0 Å². The average Bonchev–Trinajstić information content (AvgIpc) is 2.51. The van der Waals surface area contributed by atoms with Crippen molar-refractivity contribution in [3.8, 4) is 0 Å². The van der Waals surface area contributed by atoms with Crippen molar-refractivity contribution in [3.63, 3.8) is 0 Å². The van der Waals surface area contributed by atoms with Crippen LogP contribution in [0.15, 0.2) is 0 Å². The molecule has 1 aliphatic rings. The summed E-state index contributed by atoms with van der Waals surface area (Å²) in [6, 6.07) is -0.0870. The Labute approximate surface area is 79.6 Å². The Hall–Kier alpha value is -0.570. The van der Waals surface area contributed by atoms with E-state index in [9.17, 15) is 4.79 Å². The predicted octanol–water partition coefficient (Wildman–Crippen LogP) is 1.46. The molecule has 0 bridgehead atoms. The van der Waals surface area contributed by atoms with Gasteiger partial charge in [-0.2, -0.15) is 0 Å². The largest absolute Gasteiger partial charge is 0.465 e. The molecule has 0 aromatic heterocycles. The van der Waals surface area contributed by atoms with E-state index in [0.29, 0.717) is 18.9 Å². The van der Waals surface area contributed by atoms with Crippen LogP contribution in [0.2, 0.25) is 0 Å². The van der Waals surface area contributed by atoms with E-state index in [4.69, 9.17) is 10.5 Å². The van der Waals surface area contributed by atoms with Gasteiger partial charge >= 0.3 is 5.97 Å². The van der Waals surface area contributed by atoms with Crippen LogP contribution in [0.1, 0.15) is 39.0 Å². The highest BCUT2D eigenvalue weighted by Crippen LogP contribution is 2.24. The maximum absolute atomic E-state index is 11.1. The Bertz CT molecular complexity index is 162. The molecule has 1 fully saturated rings. The third-order valence-electron chi connectivity index (χ3n) is 2.44. The fourth-order valence-corrected chi connectivity index (χ4v) is 1.71. The monoisotopic (exact) mass is 185 g/mol. The van der Waals surface area contributed by atoms with Crippen molar-refractivity contribution in [2.24, 2.45) is 11.7 Å². The van der Waals surface area contributed by atoms with Crippen molar-refractivity contribution in [3.05, 3.63) is 0 Å². The van der Waals surface area contributed by atoms with Gasteiger partial charge in [0, 0.05) is 6.04 Å². The molecular weight excluding hydrogens is 166 g/mol. The summed E-state index contributed by atoms with van der Waals surface area (Å²) >= 11 is 0. The minimum atomic E-state index is -0.151. The van der Waals surface area contributed by atoms with Gasteiger partial charge in [-0.25, -0.2) is 0 Å². The molecule has 1 rings (SSSR count). The second-order valence-electron chi connectivity index (χ2n) is 4.01. The molecule has 0 radical (unpaired) electrons. The molecule has 0 amide bonds. The molecule has 1 atom stereocenters. The van der Waals surface area contributed by atoms with Gasteiger partial charge in [0.25, 0.3) is 0 Å². The summed E-state index contributed by atoms with van der Waals surface area (Å²) in [5.74, 6) is 0.457. The normalized spacial score (nSPS) is 20.2. The van der Waals surface area contributed by atoms with Gasteiger partial charge in [-0.3, -0.25) is 4.79 Å². The molecule has 0 aromatic carbocycles. The van der Waals surface area contributed by atoms with Crippen LogP contribution in [-0.4, -0.2) is 18.6 Å². The Balaban J connectivity index is 2.07. The van der Waals surface area contributed by atoms with Crippen molar-refractivity contribution in [2.75, 3.05) is 6.61 Å². The average molecular weight is 185 g/mol. The SMILES string of the molecule is CC(N)CC(=O)OCC1CCCC1. The number of carbonyl (C=O) groups is 1. The molecule has 2 N–H and O–H groups in total. The van der Waals surface area contributed by atoms with Crippen LogP contribution in [0.3, 0.4) is 0 Å². The number of hydrogen-bond acceptors (Lipinski definition) is 3. The summed E-state index contributed by atoms with van der Waals surface area (Å²) < 4.78 is 5.12. The van der Waals surface area contributed by atoms with Crippen molar-refractivity contribution < 1.29 is 9.53 Å². The Morgan fingerprint density at radius 2 is 2.15 bits per heavy atom. The van der Waals surface area contributed by atoms with Gasteiger partial charge in [0.15, 0.2) is 0 Å². The maximum Gasteiger partial charge on any atom is 0.307 e. The van der Waals surface area contributed by atoms with Crippen LogP contribution in [0.25, 0.3) is 0 Å². The lowest BCUT2D eigenvalue weighted by Crippen LogP contribution is -2.22. The van der Waals surface area contributed by atoms with Crippen molar-refractivity contribution in [1.82, 2.24) is 0 Å². The van der Waals surface area contributed by atoms with Crippen LogP contribution in [-0.2, 0) is 9.53 Å². The number of ether oxygens (including phenoxy) is 1. The molecular formula is C10H19NO2. The van der Waals surface area contributed by atoms with Crippen LogP contribution in [0, 0.1) is 5.92 Å². The Morgan fingerprint density at radius 1 is 1.54 bits per heavy atom. The third-order valence-corrected chi connectivity index (χ3v) is 2.44. The van der Waals surface area contributed by atoms with Crippen molar-refractivity contribution in [2.45, 2.75) is 45.1 Å². The summed E-state index contributed by atoms with van der Waals surface area (Å²) in [6.07, 6.45) is 5.34. The van der Waals surface area contributed by atoms with Gasteiger partial charge in [0.05, 0.1) is 13.0 Å². The third kappa shape index (κ3) is 4.27. The first-order chi connectivity index (χ1) is 6.18. The molecule has 0 heterocycles. The highest BCUT2D eigenvalue weighted by Gasteiger charge is 2.17. The first kappa shape index (κ1) is 10.5. The zero-order chi connectivity index (χ0) is 9.68. The topological polar surface area (TPSA) is 52.3 Å². The van der Waals surface area contributed by atoms with Gasteiger partial charge in [-0.1, -0.05) is 12.8 Å². The van der Waals surface area contributed by atoms with Crippen molar-refractivity contribution in [1.29, 1.82) is 0 Å². The Morgan fingerprint density at radius 3 is 2.69 bits per heavy atom. The molecule has 1 saturated carbocycles. The number of hydrogen-bond donors (Lipinski definition) is 1. The van der Waals surface area contributed by atoms with E-state index in [-0.39, 0.29) is 12.0 Å². The number of nitrogens with two attached hydrogens (primary N) is 1. The second kappa shape index (κ2) is 5.22. The maximum atomic E-state index is 11.1. The lowest BCUT2D eigenvalue weighted by molar-refractivity contribution is -0.145. The number of carbonyl (C=O) groups excluding carboxylic acids is 1. The van der Waals surface area contributed by atoms with Gasteiger partial charge in [0.2, 0.25) is 0 Å². The zero-order valence-electron chi connectivity index (χ0n) is 8.29. The lowest BCUT2D eigenvalue weighted by atomic mass is 10.1. The summed E-state index contributed by atoms with van der Waals surface area (Å²) in [6.45, 7) is 2.42. The van der Waals surface area contributed by atoms with Crippen LogP contribution in [0.5, 0.6) is 0 Å². The number of esters is 1. The van der Waals surface area contributed by atoms with E-state index >= 15 is 0 Å². The molecule has 0 spiro atoms. The summed E-state index contributed by atoms with van der Waals surface area (Å²) in [5, 5.41) is 0. The molecule has 0 aliphatic heterocycles. The van der Waals surface area contributed by atoms with Crippen LogP contribution in [0.4, 0.5) is 0 Å². The first-order valence-electron chi connectivity index (χ1n) is 5.09. The standard InChI is InChI=1S/C10H19NO2/c1-8(11)6-10(12)13-7-9-4-2-3-5-9/h8-9H,2-7,11H2,1H3.